The summed E-state index contributed by atoms with van der Waals surface area (Å²) >= 11 is 6.50. The van der Waals surface area contributed by atoms with Crippen molar-refractivity contribution >= 4 is 51.3 Å². The van der Waals surface area contributed by atoms with Gasteiger partial charge in [0.15, 0.2) is 0 Å². The molecule has 0 spiro atoms. The number of hydrogen-bond donors (Lipinski definition) is 2. The van der Waals surface area contributed by atoms with Crippen LogP contribution in [0, 0.1) is 0 Å². The summed E-state index contributed by atoms with van der Waals surface area (Å²) in [5.41, 5.74) is 2.51. The van der Waals surface area contributed by atoms with Crippen LogP contribution < -0.4 is 20.1 Å². The number of amides is 1. The number of fused-ring (bicyclic) bond motifs is 1. The Kier molecular flexibility index (Phi) is 8.81. The summed E-state index contributed by atoms with van der Waals surface area (Å²) in [6.45, 7) is 3.71. The standard InChI is InChI=1S/C28H31ClN6O3/c1-4-37-26-16-23-21(15-24(26)34-27(36)9-7-13-35(2)3)28(32-18-31-23)33-19-10-11-25(22(29)14-19)38-17-20-8-5-6-12-30-20/h5-7,9-11,14-16,18H,4,8,12-13,17H2,1-3H3,(H,34,36)(H,31,32,33)/i8D. The number of nitrogens with zero attached hydrogens (tertiary/aromatic N) is 4. The first-order valence-corrected chi connectivity index (χ1v) is 12.6. The van der Waals surface area contributed by atoms with Crippen LogP contribution in [-0.2, 0) is 4.79 Å². The highest BCUT2D eigenvalue weighted by molar-refractivity contribution is 6.32. The fraction of sp³-hybridized carbons (Fsp3) is 0.286. The third-order valence-electron chi connectivity index (χ3n) is 5.43. The molecule has 0 aliphatic carbocycles. The minimum Gasteiger partial charge on any atom is -0.492 e. The number of benzene rings is 2. The van der Waals surface area contributed by atoms with Gasteiger partial charge in [-0.2, -0.15) is 0 Å². The van der Waals surface area contributed by atoms with Crippen molar-refractivity contribution in [1.29, 1.82) is 0 Å². The van der Waals surface area contributed by atoms with Gasteiger partial charge in [-0.25, -0.2) is 9.97 Å². The Hall–Kier alpha value is -3.95. The number of dihydropyridines is 1. The van der Waals surface area contributed by atoms with Gasteiger partial charge in [0, 0.05) is 37.5 Å². The Morgan fingerprint density at radius 2 is 2.05 bits per heavy atom. The highest BCUT2D eigenvalue weighted by atomic mass is 35.5. The van der Waals surface area contributed by atoms with Crippen LogP contribution in [0.5, 0.6) is 11.5 Å². The van der Waals surface area contributed by atoms with E-state index < -0.39 is 6.40 Å². The number of rotatable bonds is 11. The van der Waals surface area contributed by atoms with Gasteiger partial charge in [-0.1, -0.05) is 29.8 Å². The number of carbonyl (C=O) groups excluding carboxylic acids is 1. The summed E-state index contributed by atoms with van der Waals surface area (Å²) in [7, 11) is 3.86. The van der Waals surface area contributed by atoms with E-state index in [-0.39, 0.29) is 12.5 Å². The molecule has 2 heterocycles. The van der Waals surface area contributed by atoms with Crippen molar-refractivity contribution in [2.75, 3.05) is 51.0 Å². The van der Waals surface area contributed by atoms with E-state index in [0.29, 0.717) is 70.0 Å². The van der Waals surface area contributed by atoms with Crippen molar-refractivity contribution in [1.82, 2.24) is 14.9 Å². The molecule has 38 heavy (non-hydrogen) atoms. The number of hydrogen-bond acceptors (Lipinski definition) is 8. The normalized spacial score (nSPS) is 15.4. The smallest absolute Gasteiger partial charge is 0.248 e. The van der Waals surface area contributed by atoms with Gasteiger partial charge in [0.1, 0.15) is 30.3 Å². The van der Waals surface area contributed by atoms with Crippen LogP contribution in [0.15, 0.2) is 66.0 Å². The lowest BCUT2D eigenvalue weighted by molar-refractivity contribution is -0.111. The number of ether oxygens (including phenoxy) is 2. The second-order valence-corrected chi connectivity index (χ2v) is 9.07. The molecule has 10 heteroatoms. The van der Waals surface area contributed by atoms with Crippen LogP contribution in [0.4, 0.5) is 17.2 Å². The van der Waals surface area contributed by atoms with E-state index >= 15 is 0 Å². The fourth-order valence-corrected chi connectivity index (χ4v) is 3.88. The van der Waals surface area contributed by atoms with Crippen LogP contribution >= 0.6 is 11.6 Å². The summed E-state index contributed by atoms with van der Waals surface area (Å²) < 4.78 is 19.6. The SMILES string of the molecule is [2H]C1C=CCN=C1COc1ccc(Nc2ncnc3cc(OCC)c(NC(=O)C=CCN(C)C)cc23)cc1Cl. The van der Waals surface area contributed by atoms with Gasteiger partial charge < -0.3 is 25.0 Å². The lowest BCUT2D eigenvalue weighted by Crippen LogP contribution is -2.13. The summed E-state index contributed by atoms with van der Waals surface area (Å²) in [5.74, 6) is 1.28. The Morgan fingerprint density at radius 3 is 2.82 bits per heavy atom. The van der Waals surface area contributed by atoms with Crippen molar-refractivity contribution < 1.29 is 15.6 Å². The van der Waals surface area contributed by atoms with E-state index in [4.69, 9.17) is 22.4 Å². The minimum atomic E-state index is -0.503. The first kappa shape index (κ1) is 25.7. The Labute approximate surface area is 228 Å². The van der Waals surface area contributed by atoms with Gasteiger partial charge >= 0.3 is 0 Å². The number of anilines is 3. The molecular formula is C28H31ClN6O3. The van der Waals surface area contributed by atoms with Gasteiger partial charge in [-0.05, 0) is 45.3 Å². The van der Waals surface area contributed by atoms with Crippen LogP contribution in [-0.4, -0.2) is 66.9 Å². The molecule has 0 saturated heterocycles. The monoisotopic (exact) mass is 535 g/mol. The average molecular weight is 536 g/mol. The molecule has 3 aromatic rings. The lowest BCUT2D eigenvalue weighted by atomic mass is 10.1. The third-order valence-corrected chi connectivity index (χ3v) is 5.72. The predicted octanol–water partition coefficient (Wildman–Crippen LogP) is 5.26. The third kappa shape index (κ3) is 7.30. The number of nitrogens with one attached hydrogen (secondary N) is 2. The first-order valence-electron chi connectivity index (χ1n) is 12.8. The van der Waals surface area contributed by atoms with Crippen LogP contribution in [0.3, 0.4) is 0 Å². The first-order chi connectivity index (χ1) is 18.8. The van der Waals surface area contributed by atoms with Gasteiger partial charge in [-0.3, -0.25) is 9.79 Å². The second-order valence-electron chi connectivity index (χ2n) is 8.66. The highest BCUT2D eigenvalue weighted by Crippen LogP contribution is 2.35. The minimum absolute atomic E-state index is 0.197. The van der Waals surface area contributed by atoms with Crippen molar-refractivity contribution in [3.8, 4) is 11.5 Å². The molecule has 1 aliphatic rings. The number of halogens is 1. The quantitative estimate of drug-likeness (QED) is 0.255. The molecule has 2 N–H and O–H groups in total. The Balaban J connectivity index is 1.54. The molecule has 1 aromatic heterocycles. The van der Waals surface area contributed by atoms with Gasteiger partial charge in [0.05, 0.1) is 35.1 Å². The Morgan fingerprint density at radius 1 is 1.18 bits per heavy atom. The van der Waals surface area contributed by atoms with E-state index in [1.54, 1.807) is 36.4 Å². The van der Waals surface area contributed by atoms with Gasteiger partial charge in [0.2, 0.25) is 5.91 Å². The molecule has 9 nitrogen and oxygen atoms in total. The lowest BCUT2D eigenvalue weighted by Gasteiger charge is -2.15. The molecule has 1 aliphatic heterocycles. The zero-order valence-corrected chi connectivity index (χ0v) is 22.3. The van der Waals surface area contributed by atoms with E-state index in [2.05, 4.69) is 25.6 Å². The van der Waals surface area contributed by atoms with E-state index in [9.17, 15) is 4.79 Å². The number of carbonyl (C=O) groups is 1. The molecular weight excluding hydrogens is 504 g/mol. The van der Waals surface area contributed by atoms with Gasteiger partial charge in [-0.15, -0.1) is 0 Å². The van der Waals surface area contributed by atoms with Crippen LogP contribution in [0.25, 0.3) is 10.9 Å². The summed E-state index contributed by atoms with van der Waals surface area (Å²) in [5, 5.41) is 7.27. The Bertz CT molecular complexity index is 1430. The number of allylic oxidation sites excluding steroid dienone is 1. The van der Waals surface area contributed by atoms with E-state index in [1.165, 1.54) is 12.4 Å². The maximum absolute atomic E-state index is 12.5. The summed E-state index contributed by atoms with van der Waals surface area (Å²) in [6.07, 6.45) is 7.89. The van der Waals surface area contributed by atoms with E-state index in [0.717, 1.165) is 0 Å². The summed E-state index contributed by atoms with van der Waals surface area (Å²) in [4.78, 5) is 27.6. The second kappa shape index (κ2) is 13.0. The maximum Gasteiger partial charge on any atom is 0.248 e. The van der Waals surface area contributed by atoms with Crippen molar-refractivity contribution in [2.45, 2.75) is 13.3 Å². The average Bonchev–Trinajstić information content (AvgIpc) is 2.90. The van der Waals surface area contributed by atoms with Crippen molar-refractivity contribution in [3.05, 3.63) is 66.0 Å². The largest absolute Gasteiger partial charge is 0.492 e. The number of aromatic nitrogens is 2. The molecule has 0 fully saturated rings. The zero-order valence-electron chi connectivity index (χ0n) is 22.6. The van der Waals surface area contributed by atoms with Crippen LogP contribution in [0.2, 0.25) is 5.02 Å². The van der Waals surface area contributed by atoms with Gasteiger partial charge in [0.25, 0.3) is 0 Å². The molecule has 198 valence electrons. The molecule has 1 amide bonds. The van der Waals surface area contributed by atoms with E-state index in [1.807, 2.05) is 38.1 Å². The molecule has 1 unspecified atom stereocenters. The molecule has 4 rings (SSSR count). The summed E-state index contributed by atoms with van der Waals surface area (Å²) in [6, 6.07) is 8.87. The highest BCUT2D eigenvalue weighted by Gasteiger charge is 2.14. The molecule has 1 atom stereocenters. The number of likely N-dealkylation sites (N-methyl/N-ethyl adjacent to an activating group) is 1. The zero-order chi connectivity index (χ0) is 27.8. The number of aliphatic imine (C=N–C) groups is 1. The fourth-order valence-electron chi connectivity index (χ4n) is 3.64. The topological polar surface area (TPSA) is 101 Å². The maximum atomic E-state index is 12.5. The molecule has 0 saturated carbocycles. The molecule has 0 bridgehead atoms. The van der Waals surface area contributed by atoms with Crippen molar-refractivity contribution in [3.63, 3.8) is 0 Å². The van der Waals surface area contributed by atoms with Crippen molar-refractivity contribution in [2.24, 2.45) is 4.99 Å². The van der Waals surface area contributed by atoms with Crippen LogP contribution in [0.1, 0.15) is 14.7 Å². The predicted molar refractivity (Wildman–Crippen MR) is 153 cm³/mol. The molecule has 2 aromatic carbocycles. The molecule has 0 radical (unpaired) electrons.